The van der Waals surface area contributed by atoms with Gasteiger partial charge in [0.1, 0.15) is 11.6 Å². The molecule has 1 amide bonds. The summed E-state index contributed by atoms with van der Waals surface area (Å²) in [7, 11) is 0. The van der Waals surface area contributed by atoms with Crippen LogP contribution in [0, 0.1) is 25.2 Å². The van der Waals surface area contributed by atoms with E-state index >= 15 is 0 Å². The molecule has 1 fully saturated rings. The van der Waals surface area contributed by atoms with Gasteiger partial charge in [0.15, 0.2) is 6.61 Å². The van der Waals surface area contributed by atoms with Crippen LogP contribution in [0.15, 0.2) is 35.9 Å². The summed E-state index contributed by atoms with van der Waals surface area (Å²) in [4.78, 5) is 24.8. The van der Waals surface area contributed by atoms with E-state index in [0.29, 0.717) is 6.04 Å². The number of ether oxygens (including phenoxy) is 1. The summed E-state index contributed by atoms with van der Waals surface area (Å²) >= 11 is 0. The van der Waals surface area contributed by atoms with Gasteiger partial charge in [-0.3, -0.25) is 4.79 Å². The summed E-state index contributed by atoms with van der Waals surface area (Å²) in [6.07, 6.45) is 6.74. The summed E-state index contributed by atoms with van der Waals surface area (Å²) in [5.74, 6) is -1.14. The van der Waals surface area contributed by atoms with E-state index in [0.717, 1.165) is 54.6 Å². The molecular formula is C25H27N3O3. The SMILES string of the molecule is Cc1cc(/C=C(\C#N)C(=O)OCC(=O)N[C@@H]2CCCc3ccccc32)c(C)n1C1CC1. The number of hydrogen-bond acceptors (Lipinski definition) is 4. The van der Waals surface area contributed by atoms with Crippen LogP contribution in [0.1, 0.15) is 65.8 Å². The van der Waals surface area contributed by atoms with E-state index in [-0.39, 0.29) is 17.5 Å². The number of hydrogen-bond donors (Lipinski definition) is 1. The van der Waals surface area contributed by atoms with E-state index in [4.69, 9.17) is 4.74 Å². The molecule has 0 saturated heterocycles. The molecular weight excluding hydrogens is 390 g/mol. The van der Waals surface area contributed by atoms with Crippen LogP contribution in [0.25, 0.3) is 6.08 Å². The number of benzene rings is 1. The minimum Gasteiger partial charge on any atom is -0.451 e. The van der Waals surface area contributed by atoms with Crippen molar-refractivity contribution in [1.29, 1.82) is 5.26 Å². The third kappa shape index (κ3) is 4.56. The molecule has 0 unspecified atom stereocenters. The monoisotopic (exact) mass is 417 g/mol. The summed E-state index contributed by atoms with van der Waals surface area (Å²) < 4.78 is 7.40. The van der Waals surface area contributed by atoms with Crippen LogP contribution in [0.4, 0.5) is 0 Å². The highest BCUT2D eigenvalue weighted by Crippen LogP contribution is 2.38. The van der Waals surface area contributed by atoms with Crippen LogP contribution < -0.4 is 5.32 Å². The van der Waals surface area contributed by atoms with Gasteiger partial charge in [-0.1, -0.05) is 24.3 Å². The van der Waals surface area contributed by atoms with E-state index in [9.17, 15) is 14.9 Å². The smallest absolute Gasteiger partial charge is 0.349 e. The largest absolute Gasteiger partial charge is 0.451 e. The molecule has 1 atom stereocenters. The van der Waals surface area contributed by atoms with Crippen molar-refractivity contribution in [3.63, 3.8) is 0 Å². The predicted molar refractivity (Wildman–Crippen MR) is 117 cm³/mol. The van der Waals surface area contributed by atoms with Crippen molar-refractivity contribution in [3.8, 4) is 6.07 Å². The lowest BCUT2D eigenvalue weighted by molar-refractivity contribution is -0.144. The fraction of sp³-hybridized carbons (Fsp3) is 0.400. The molecule has 1 heterocycles. The Kier molecular flexibility index (Phi) is 5.94. The Morgan fingerprint density at radius 2 is 2.03 bits per heavy atom. The highest BCUT2D eigenvalue weighted by molar-refractivity contribution is 5.99. The first-order valence-corrected chi connectivity index (χ1v) is 10.8. The zero-order chi connectivity index (χ0) is 22.0. The number of rotatable bonds is 6. The van der Waals surface area contributed by atoms with Gasteiger partial charge in [-0.2, -0.15) is 5.26 Å². The molecule has 1 aromatic carbocycles. The molecule has 6 nitrogen and oxygen atoms in total. The number of fused-ring (bicyclic) bond motifs is 1. The molecule has 0 aliphatic heterocycles. The van der Waals surface area contributed by atoms with Gasteiger partial charge in [-0.05, 0) is 74.8 Å². The zero-order valence-electron chi connectivity index (χ0n) is 18.0. The number of aromatic nitrogens is 1. The molecule has 0 bridgehead atoms. The average molecular weight is 418 g/mol. The normalized spacial score (nSPS) is 18.1. The molecule has 160 valence electrons. The second-order valence-corrected chi connectivity index (χ2v) is 8.38. The van der Waals surface area contributed by atoms with Gasteiger partial charge in [0.2, 0.25) is 0 Å². The van der Waals surface area contributed by atoms with Crippen molar-refractivity contribution >= 4 is 18.0 Å². The number of amides is 1. The van der Waals surface area contributed by atoms with Crippen molar-refractivity contribution in [2.45, 2.75) is 58.0 Å². The quantitative estimate of drug-likeness (QED) is 0.436. The second-order valence-electron chi connectivity index (χ2n) is 8.38. The number of nitriles is 1. The van der Waals surface area contributed by atoms with Gasteiger partial charge in [0.25, 0.3) is 5.91 Å². The van der Waals surface area contributed by atoms with E-state index in [1.807, 2.05) is 44.2 Å². The van der Waals surface area contributed by atoms with Gasteiger partial charge < -0.3 is 14.6 Å². The predicted octanol–water partition coefficient (Wildman–Crippen LogP) is 4.08. The first-order valence-electron chi connectivity index (χ1n) is 10.8. The lowest BCUT2D eigenvalue weighted by Gasteiger charge is -2.26. The lowest BCUT2D eigenvalue weighted by atomic mass is 9.88. The summed E-state index contributed by atoms with van der Waals surface area (Å²) in [5.41, 5.74) is 5.25. The number of aryl methyl sites for hydroxylation is 2. The van der Waals surface area contributed by atoms with Crippen LogP contribution in [-0.4, -0.2) is 23.1 Å². The third-order valence-electron chi connectivity index (χ3n) is 6.11. The number of carbonyl (C=O) groups excluding carboxylic acids is 2. The van der Waals surface area contributed by atoms with Crippen LogP contribution in [-0.2, 0) is 20.7 Å². The molecule has 0 radical (unpaired) electrons. The first-order chi connectivity index (χ1) is 15.0. The van der Waals surface area contributed by atoms with Gasteiger partial charge in [-0.15, -0.1) is 0 Å². The van der Waals surface area contributed by atoms with Crippen LogP contribution >= 0.6 is 0 Å². The molecule has 2 aliphatic rings. The lowest BCUT2D eigenvalue weighted by Crippen LogP contribution is -2.34. The van der Waals surface area contributed by atoms with E-state index in [1.54, 1.807) is 6.08 Å². The molecule has 4 rings (SSSR count). The number of nitrogens with one attached hydrogen (secondary N) is 1. The Hall–Kier alpha value is -3.33. The van der Waals surface area contributed by atoms with Crippen molar-refractivity contribution in [2.75, 3.05) is 6.61 Å². The molecule has 1 saturated carbocycles. The summed E-state index contributed by atoms with van der Waals surface area (Å²) in [5, 5.41) is 12.4. The highest BCUT2D eigenvalue weighted by atomic mass is 16.5. The van der Waals surface area contributed by atoms with Crippen LogP contribution in [0.5, 0.6) is 0 Å². The Balaban J connectivity index is 1.38. The fourth-order valence-electron chi connectivity index (χ4n) is 4.48. The van der Waals surface area contributed by atoms with Crippen LogP contribution in [0.3, 0.4) is 0 Å². The maximum atomic E-state index is 12.4. The zero-order valence-corrected chi connectivity index (χ0v) is 18.0. The Morgan fingerprint density at radius 1 is 1.26 bits per heavy atom. The number of carbonyl (C=O) groups is 2. The highest BCUT2D eigenvalue weighted by Gasteiger charge is 2.27. The molecule has 0 spiro atoms. The van der Waals surface area contributed by atoms with Gasteiger partial charge >= 0.3 is 5.97 Å². The number of nitrogens with zero attached hydrogens (tertiary/aromatic N) is 2. The maximum Gasteiger partial charge on any atom is 0.349 e. The molecule has 1 N–H and O–H groups in total. The number of esters is 1. The van der Waals surface area contributed by atoms with Gasteiger partial charge in [-0.25, -0.2) is 4.79 Å². The third-order valence-corrected chi connectivity index (χ3v) is 6.11. The Bertz CT molecular complexity index is 1090. The van der Waals surface area contributed by atoms with E-state index < -0.39 is 12.6 Å². The van der Waals surface area contributed by atoms with Crippen molar-refractivity contribution < 1.29 is 14.3 Å². The maximum absolute atomic E-state index is 12.4. The second kappa shape index (κ2) is 8.81. The van der Waals surface area contributed by atoms with Crippen molar-refractivity contribution in [1.82, 2.24) is 9.88 Å². The van der Waals surface area contributed by atoms with Crippen LogP contribution in [0.2, 0.25) is 0 Å². The van der Waals surface area contributed by atoms with Gasteiger partial charge in [0.05, 0.1) is 6.04 Å². The van der Waals surface area contributed by atoms with Crippen molar-refractivity contribution in [3.05, 3.63) is 64.0 Å². The first kappa shape index (κ1) is 20.9. The molecule has 6 heteroatoms. The summed E-state index contributed by atoms with van der Waals surface area (Å²) in [6, 6.07) is 12.4. The molecule has 31 heavy (non-hydrogen) atoms. The summed E-state index contributed by atoms with van der Waals surface area (Å²) in [6.45, 7) is 3.62. The van der Waals surface area contributed by atoms with E-state index in [1.165, 1.54) is 5.56 Å². The minimum absolute atomic E-state index is 0.0741. The van der Waals surface area contributed by atoms with Gasteiger partial charge in [0, 0.05) is 17.4 Å². The Morgan fingerprint density at radius 3 is 2.77 bits per heavy atom. The fourth-order valence-corrected chi connectivity index (χ4v) is 4.48. The molecule has 1 aromatic heterocycles. The molecule has 2 aromatic rings. The van der Waals surface area contributed by atoms with E-state index in [2.05, 4.69) is 16.0 Å². The standard InChI is InChI=1S/C25H27N3O3/c1-16-12-19(17(2)28(16)21-10-11-21)13-20(14-26)25(30)31-15-24(29)27-23-9-5-7-18-6-3-4-8-22(18)23/h3-4,6,8,12-13,21,23H,5,7,9-11,15H2,1-2H3,(H,27,29)/b20-13+/t23-/m1/s1. The Labute approximate surface area is 182 Å². The average Bonchev–Trinajstić information content (AvgIpc) is 3.56. The molecule has 2 aliphatic carbocycles. The minimum atomic E-state index is -0.780. The van der Waals surface area contributed by atoms with Crippen molar-refractivity contribution in [2.24, 2.45) is 0 Å². The topological polar surface area (TPSA) is 84.1 Å².